The van der Waals surface area contributed by atoms with E-state index >= 15 is 0 Å². The van der Waals surface area contributed by atoms with Crippen LogP contribution in [0.1, 0.15) is 22.8 Å². The molecule has 4 aromatic carbocycles. The van der Waals surface area contributed by atoms with Crippen molar-refractivity contribution in [1.82, 2.24) is 19.9 Å². The predicted molar refractivity (Wildman–Crippen MR) is 218 cm³/mol. The molecule has 0 saturated heterocycles. The monoisotopic (exact) mass is 674 g/mol. The van der Waals surface area contributed by atoms with Gasteiger partial charge in [0.25, 0.3) is 0 Å². The van der Waals surface area contributed by atoms with Crippen LogP contribution in [-0.4, -0.2) is 19.9 Å². The molecule has 2 aliphatic rings. The van der Waals surface area contributed by atoms with Gasteiger partial charge < -0.3 is 31.2 Å². The zero-order valence-electron chi connectivity index (χ0n) is 28.1. The Morgan fingerprint density at radius 2 is 0.519 bits per heavy atom. The fourth-order valence-corrected chi connectivity index (χ4v) is 6.40. The molecule has 9 rings (SSSR count). The second-order valence-electron chi connectivity index (χ2n) is 12.5. The first kappa shape index (κ1) is 30.7. The molecule has 52 heavy (non-hydrogen) atoms. The first-order valence-electron chi connectivity index (χ1n) is 17.2. The highest BCUT2D eigenvalue weighted by Crippen LogP contribution is 2.36. The van der Waals surface area contributed by atoms with Gasteiger partial charge in [-0.3, -0.25) is 0 Å². The van der Waals surface area contributed by atoms with Crippen molar-refractivity contribution in [2.45, 2.75) is 0 Å². The molecule has 3 aromatic heterocycles. The van der Waals surface area contributed by atoms with Crippen LogP contribution in [0, 0.1) is 0 Å². The van der Waals surface area contributed by atoms with E-state index in [0.29, 0.717) is 0 Å². The summed E-state index contributed by atoms with van der Waals surface area (Å²) >= 11 is 0. The molecule has 5 heterocycles. The Morgan fingerprint density at radius 1 is 0.288 bits per heavy atom. The second kappa shape index (κ2) is 13.5. The highest BCUT2D eigenvalue weighted by atomic mass is 15.0. The third-order valence-corrected chi connectivity index (χ3v) is 8.93. The summed E-state index contributed by atoms with van der Waals surface area (Å²) in [5, 5.41) is 14.6. The van der Waals surface area contributed by atoms with E-state index in [9.17, 15) is 0 Å². The summed E-state index contributed by atoms with van der Waals surface area (Å²) in [5.74, 6) is 0. The van der Waals surface area contributed by atoms with Gasteiger partial charge in [-0.15, -0.1) is 0 Å². The maximum atomic E-state index is 5.25. The van der Waals surface area contributed by atoms with Crippen LogP contribution in [0.25, 0.3) is 46.4 Å². The van der Waals surface area contributed by atoms with Gasteiger partial charge in [0.1, 0.15) is 0 Å². The lowest BCUT2D eigenvalue weighted by Gasteiger charge is -2.10. The number of anilines is 8. The Bertz CT molecular complexity index is 2250. The molecule has 0 saturated carbocycles. The van der Waals surface area contributed by atoms with Gasteiger partial charge in [-0.1, -0.05) is 72.8 Å². The molecule has 0 spiro atoms. The van der Waals surface area contributed by atoms with Crippen LogP contribution in [0.5, 0.6) is 0 Å². The van der Waals surface area contributed by atoms with E-state index in [-0.39, 0.29) is 0 Å². The normalized spacial score (nSPS) is 11.7. The minimum absolute atomic E-state index is 0.794. The number of hydrogen-bond acceptors (Lipinski definition) is 6. The topological polar surface area (TPSA) is 105 Å². The van der Waals surface area contributed by atoms with Crippen molar-refractivity contribution in [2.24, 2.45) is 0 Å². The molecule has 0 fully saturated rings. The minimum atomic E-state index is 0.794. The third-order valence-electron chi connectivity index (χ3n) is 8.93. The lowest BCUT2D eigenvalue weighted by Crippen LogP contribution is -1.97. The van der Waals surface area contributed by atoms with Gasteiger partial charge in [0.2, 0.25) is 0 Å². The van der Waals surface area contributed by atoms with E-state index in [1.165, 1.54) is 0 Å². The Labute approximate surface area is 300 Å². The van der Waals surface area contributed by atoms with E-state index in [2.05, 4.69) is 128 Å². The van der Waals surface area contributed by atoms with Crippen LogP contribution in [0.2, 0.25) is 0 Å². The van der Waals surface area contributed by atoms with Crippen molar-refractivity contribution in [3.8, 4) is 0 Å². The molecule has 8 heteroatoms. The van der Waals surface area contributed by atoms with Crippen molar-refractivity contribution >= 4 is 91.9 Å². The van der Waals surface area contributed by atoms with Crippen LogP contribution >= 0.6 is 0 Å². The summed E-state index contributed by atoms with van der Waals surface area (Å²) in [5.41, 5.74) is 13.9. The Hall–Kier alpha value is -7.32. The fraction of sp³-hybridized carbons (Fsp3) is 0. The van der Waals surface area contributed by atoms with Crippen molar-refractivity contribution in [2.75, 3.05) is 21.3 Å². The third kappa shape index (κ3) is 6.28. The Morgan fingerprint density at radius 3 is 0.750 bits per heavy atom. The number of nitrogens with zero attached hydrogens (tertiary/aromatic N) is 2. The summed E-state index contributed by atoms with van der Waals surface area (Å²) in [4.78, 5) is 17.9. The molecule has 6 N–H and O–H groups in total. The average Bonchev–Trinajstić information content (AvgIpc) is 4.04. The van der Waals surface area contributed by atoms with Crippen molar-refractivity contribution in [1.29, 1.82) is 0 Å². The number of fused-ring (bicyclic) bond motifs is 8. The van der Waals surface area contributed by atoms with Crippen molar-refractivity contribution in [3.05, 3.63) is 168 Å². The summed E-state index contributed by atoms with van der Waals surface area (Å²) in [6.07, 6.45) is 8.23. The van der Waals surface area contributed by atoms with Gasteiger partial charge in [-0.25, -0.2) is 9.97 Å². The standard InChI is InChI=1S/C44H34N8/c1-5-13-29(14-6-1)45-41-33-21-23-35(49-33)42(46-30-15-7-2-8-16-30)37-25-27-39(51-37)44(48-32-19-11-4-12-20-32)40-28-26-38(52-40)43(36-24-22-34(41)50-36)47-31-17-9-3-10-18-31/h1-28,45-49,52H. The van der Waals surface area contributed by atoms with Crippen molar-refractivity contribution in [3.63, 3.8) is 0 Å². The lowest BCUT2D eigenvalue weighted by atomic mass is 10.2. The van der Waals surface area contributed by atoms with Gasteiger partial charge in [0.05, 0.1) is 67.6 Å². The second-order valence-corrected chi connectivity index (χ2v) is 12.5. The largest absolute Gasteiger partial charge is 0.352 e. The number of nitrogens with one attached hydrogen (secondary N) is 6. The van der Waals surface area contributed by atoms with Crippen LogP contribution in [-0.2, 0) is 0 Å². The first-order chi connectivity index (χ1) is 25.7. The zero-order chi connectivity index (χ0) is 34.7. The number of para-hydroxylation sites is 4. The summed E-state index contributed by atoms with van der Waals surface area (Å²) in [7, 11) is 0. The van der Waals surface area contributed by atoms with Gasteiger partial charge in [-0.2, -0.15) is 0 Å². The van der Waals surface area contributed by atoms with Crippen molar-refractivity contribution < 1.29 is 0 Å². The molecule has 0 unspecified atom stereocenters. The molecule has 250 valence electrons. The smallest absolute Gasteiger partial charge is 0.0894 e. The summed E-state index contributed by atoms with van der Waals surface area (Å²) in [6, 6.07) is 49.0. The number of benzene rings is 4. The Balaban J connectivity index is 1.36. The molecule has 0 atom stereocenters. The molecule has 0 amide bonds. The highest BCUT2D eigenvalue weighted by molar-refractivity contribution is 5.98. The molecular formula is C44H34N8. The number of aromatic nitrogens is 4. The van der Waals surface area contributed by atoms with Gasteiger partial charge in [0.15, 0.2) is 0 Å². The van der Waals surface area contributed by atoms with Gasteiger partial charge in [-0.05, 0) is 97.1 Å². The van der Waals surface area contributed by atoms with E-state index in [1.54, 1.807) is 0 Å². The fourth-order valence-electron chi connectivity index (χ4n) is 6.40. The summed E-state index contributed by atoms with van der Waals surface area (Å²) in [6.45, 7) is 0. The number of aromatic amines is 2. The maximum Gasteiger partial charge on any atom is 0.0894 e. The molecule has 7 aromatic rings. The zero-order valence-corrected chi connectivity index (χ0v) is 28.1. The minimum Gasteiger partial charge on any atom is -0.352 e. The maximum absolute atomic E-state index is 5.25. The molecule has 8 bridgehead atoms. The van der Waals surface area contributed by atoms with E-state index in [0.717, 1.165) is 90.3 Å². The molecule has 0 aliphatic carbocycles. The molecule has 0 radical (unpaired) electrons. The van der Waals surface area contributed by atoms with E-state index in [4.69, 9.17) is 9.97 Å². The van der Waals surface area contributed by atoms with E-state index < -0.39 is 0 Å². The van der Waals surface area contributed by atoms with Gasteiger partial charge >= 0.3 is 0 Å². The van der Waals surface area contributed by atoms with Crippen LogP contribution in [0.15, 0.2) is 146 Å². The molecular weight excluding hydrogens is 641 g/mol. The first-order valence-corrected chi connectivity index (χ1v) is 17.2. The summed E-state index contributed by atoms with van der Waals surface area (Å²) < 4.78 is 0. The quantitative estimate of drug-likeness (QED) is 0.0958. The van der Waals surface area contributed by atoms with E-state index in [1.807, 2.05) is 72.8 Å². The number of hydrogen-bond donors (Lipinski definition) is 6. The lowest BCUT2D eigenvalue weighted by molar-refractivity contribution is 1.30. The average molecular weight is 675 g/mol. The highest BCUT2D eigenvalue weighted by Gasteiger charge is 2.17. The molecule has 2 aliphatic heterocycles. The number of rotatable bonds is 8. The van der Waals surface area contributed by atoms with Crippen LogP contribution < -0.4 is 21.3 Å². The van der Waals surface area contributed by atoms with Crippen LogP contribution in [0.4, 0.5) is 45.5 Å². The predicted octanol–water partition coefficient (Wildman–Crippen LogP) is 11.6. The van der Waals surface area contributed by atoms with Crippen LogP contribution in [0.3, 0.4) is 0 Å². The Kier molecular flexibility index (Phi) is 7.99. The SMILES string of the molecule is C1=Cc2nc1c(Nc1ccccc1)c1ccc([nH]1)c(Nc1ccccc1)c1nc(c(Nc3ccccc3)c3ccc([nH]3)c2Nc2ccccc2)C=C1. The number of H-pyrrole nitrogens is 2. The van der Waals surface area contributed by atoms with Gasteiger partial charge in [0, 0.05) is 22.7 Å². The molecule has 8 nitrogen and oxygen atoms in total.